The van der Waals surface area contributed by atoms with Gasteiger partial charge in [-0.25, -0.2) is 8.42 Å². The van der Waals surface area contributed by atoms with Gasteiger partial charge in [-0.1, -0.05) is 18.2 Å². The van der Waals surface area contributed by atoms with Crippen molar-refractivity contribution in [2.45, 2.75) is 29.5 Å². The molecule has 1 aliphatic heterocycles. The number of thioether (sulfide) groups is 1. The van der Waals surface area contributed by atoms with Crippen LogP contribution in [0.15, 0.2) is 35.2 Å². The summed E-state index contributed by atoms with van der Waals surface area (Å²) in [5.74, 6) is 0.149. The summed E-state index contributed by atoms with van der Waals surface area (Å²) in [5.41, 5.74) is 0. The zero-order chi connectivity index (χ0) is 13.9. The van der Waals surface area contributed by atoms with Gasteiger partial charge in [0.05, 0.1) is 16.8 Å². The summed E-state index contributed by atoms with van der Waals surface area (Å²) in [6, 6.07) is 9.46. The quantitative estimate of drug-likeness (QED) is 0.855. The second-order valence-electron chi connectivity index (χ2n) is 4.68. The molecule has 19 heavy (non-hydrogen) atoms. The monoisotopic (exact) mass is 299 g/mol. The lowest BCUT2D eigenvalue weighted by Crippen LogP contribution is -2.39. The maximum atomic E-state index is 12.0. The molecule has 6 heteroatoms. The summed E-state index contributed by atoms with van der Waals surface area (Å²) in [5, 5.41) is 2.58. The fraction of sp³-hybridized carbons (Fsp3) is 0.462. The van der Waals surface area contributed by atoms with Crippen molar-refractivity contribution >= 4 is 27.5 Å². The highest BCUT2D eigenvalue weighted by Crippen LogP contribution is 2.23. The van der Waals surface area contributed by atoms with Crippen LogP contribution in [-0.2, 0) is 14.6 Å². The topological polar surface area (TPSA) is 63.2 Å². The normalized spacial score (nSPS) is 22.9. The van der Waals surface area contributed by atoms with Crippen LogP contribution in [0.4, 0.5) is 0 Å². The molecule has 1 heterocycles. The van der Waals surface area contributed by atoms with Crippen LogP contribution in [0.1, 0.15) is 13.3 Å². The number of carbonyl (C=O) groups is 1. The molecule has 1 aromatic carbocycles. The predicted octanol–water partition coefficient (Wildman–Crippen LogP) is 1.47. The first-order valence-corrected chi connectivity index (χ1v) is 8.89. The zero-order valence-corrected chi connectivity index (χ0v) is 12.3. The Morgan fingerprint density at radius 1 is 1.37 bits per heavy atom. The first-order valence-electron chi connectivity index (χ1n) is 6.19. The van der Waals surface area contributed by atoms with Gasteiger partial charge in [0.2, 0.25) is 5.91 Å². The van der Waals surface area contributed by atoms with Gasteiger partial charge in [0.15, 0.2) is 9.84 Å². The minimum absolute atomic E-state index is 0.0709. The number of rotatable bonds is 4. The average molecular weight is 299 g/mol. The Morgan fingerprint density at radius 2 is 2.05 bits per heavy atom. The van der Waals surface area contributed by atoms with Crippen LogP contribution in [-0.4, -0.2) is 37.1 Å². The van der Waals surface area contributed by atoms with E-state index in [0.717, 1.165) is 4.90 Å². The summed E-state index contributed by atoms with van der Waals surface area (Å²) >= 11 is 1.47. The maximum Gasteiger partial charge on any atom is 0.233 e. The lowest BCUT2D eigenvalue weighted by molar-refractivity contribution is -0.120. The van der Waals surface area contributed by atoms with Gasteiger partial charge >= 0.3 is 0 Å². The molecule has 2 rings (SSSR count). The molecular formula is C13H17NO3S2. The number of hydrogen-bond donors (Lipinski definition) is 1. The standard InChI is InChI=1S/C13H17NO3S2/c1-10(18-12-5-3-2-4-6-12)13(15)14-11-7-8-19(16,17)9-11/h2-6,10-11H,7-9H2,1H3,(H,14,15)/t10-,11+/m1/s1. The first-order chi connectivity index (χ1) is 8.96. The third kappa shape index (κ3) is 4.24. The van der Waals surface area contributed by atoms with Crippen LogP contribution >= 0.6 is 11.8 Å². The van der Waals surface area contributed by atoms with Gasteiger partial charge in [-0.05, 0) is 25.5 Å². The second kappa shape index (κ2) is 5.96. The molecule has 1 N–H and O–H groups in total. The van der Waals surface area contributed by atoms with Crippen molar-refractivity contribution < 1.29 is 13.2 Å². The van der Waals surface area contributed by atoms with E-state index in [4.69, 9.17) is 0 Å². The molecule has 4 nitrogen and oxygen atoms in total. The van der Waals surface area contributed by atoms with Crippen molar-refractivity contribution in [1.82, 2.24) is 5.32 Å². The SMILES string of the molecule is C[C@@H](Sc1ccccc1)C(=O)N[C@H]1CCS(=O)(=O)C1. The summed E-state index contributed by atoms with van der Waals surface area (Å²) in [4.78, 5) is 13.0. The van der Waals surface area contributed by atoms with Crippen LogP contribution in [0.5, 0.6) is 0 Å². The zero-order valence-electron chi connectivity index (χ0n) is 10.7. The number of nitrogens with one attached hydrogen (secondary N) is 1. The van der Waals surface area contributed by atoms with Gasteiger partial charge in [-0.15, -0.1) is 11.8 Å². The second-order valence-corrected chi connectivity index (χ2v) is 8.32. The van der Waals surface area contributed by atoms with E-state index in [1.807, 2.05) is 37.3 Å². The molecule has 1 amide bonds. The lowest BCUT2D eigenvalue weighted by atomic mass is 10.2. The van der Waals surface area contributed by atoms with E-state index < -0.39 is 9.84 Å². The van der Waals surface area contributed by atoms with Crippen LogP contribution in [0, 0.1) is 0 Å². The van der Waals surface area contributed by atoms with Crippen molar-refractivity contribution in [3.05, 3.63) is 30.3 Å². The molecule has 0 spiro atoms. The molecule has 0 aromatic heterocycles. The molecule has 0 radical (unpaired) electrons. The van der Waals surface area contributed by atoms with Gasteiger partial charge in [-0.2, -0.15) is 0 Å². The molecular weight excluding hydrogens is 282 g/mol. The Bertz CT molecular complexity index is 542. The molecule has 1 saturated heterocycles. The van der Waals surface area contributed by atoms with E-state index in [2.05, 4.69) is 5.32 Å². The average Bonchev–Trinajstić information content (AvgIpc) is 2.70. The van der Waals surface area contributed by atoms with Crippen molar-refractivity contribution in [3.63, 3.8) is 0 Å². The minimum Gasteiger partial charge on any atom is -0.351 e. The highest BCUT2D eigenvalue weighted by atomic mass is 32.2. The third-order valence-electron chi connectivity index (χ3n) is 3.00. The highest BCUT2D eigenvalue weighted by Gasteiger charge is 2.30. The van der Waals surface area contributed by atoms with Gasteiger partial charge in [0.1, 0.15) is 0 Å². The summed E-state index contributed by atoms with van der Waals surface area (Å²) < 4.78 is 22.7. The molecule has 0 saturated carbocycles. The van der Waals surface area contributed by atoms with E-state index in [-0.39, 0.29) is 28.7 Å². The number of benzene rings is 1. The predicted molar refractivity (Wildman–Crippen MR) is 77.0 cm³/mol. The fourth-order valence-electron chi connectivity index (χ4n) is 1.98. The van der Waals surface area contributed by atoms with E-state index in [1.54, 1.807) is 0 Å². The highest BCUT2D eigenvalue weighted by molar-refractivity contribution is 8.00. The van der Waals surface area contributed by atoms with Gasteiger partial charge in [-0.3, -0.25) is 4.79 Å². The maximum absolute atomic E-state index is 12.0. The third-order valence-corrected chi connectivity index (χ3v) is 5.88. The Kier molecular flexibility index (Phi) is 4.52. The molecule has 2 atom stereocenters. The number of amides is 1. The van der Waals surface area contributed by atoms with E-state index in [1.165, 1.54) is 11.8 Å². The van der Waals surface area contributed by atoms with E-state index in [0.29, 0.717) is 6.42 Å². The van der Waals surface area contributed by atoms with E-state index >= 15 is 0 Å². The van der Waals surface area contributed by atoms with Crippen molar-refractivity contribution in [1.29, 1.82) is 0 Å². The molecule has 0 bridgehead atoms. The van der Waals surface area contributed by atoms with Crippen molar-refractivity contribution in [2.75, 3.05) is 11.5 Å². The van der Waals surface area contributed by atoms with Crippen molar-refractivity contribution in [3.8, 4) is 0 Å². The van der Waals surface area contributed by atoms with Gasteiger partial charge in [0.25, 0.3) is 0 Å². The largest absolute Gasteiger partial charge is 0.351 e. The van der Waals surface area contributed by atoms with E-state index in [9.17, 15) is 13.2 Å². The Morgan fingerprint density at radius 3 is 2.63 bits per heavy atom. The van der Waals surface area contributed by atoms with Crippen LogP contribution in [0.2, 0.25) is 0 Å². The number of carbonyl (C=O) groups excluding carboxylic acids is 1. The fourth-order valence-corrected chi connectivity index (χ4v) is 4.56. The Labute approximate surface area is 117 Å². The van der Waals surface area contributed by atoms with Crippen LogP contribution in [0.3, 0.4) is 0 Å². The Hall–Kier alpha value is -1.01. The summed E-state index contributed by atoms with van der Waals surface area (Å²) in [6.45, 7) is 1.83. The van der Waals surface area contributed by atoms with Crippen molar-refractivity contribution in [2.24, 2.45) is 0 Å². The Balaban J connectivity index is 1.86. The van der Waals surface area contributed by atoms with Gasteiger partial charge < -0.3 is 5.32 Å². The van der Waals surface area contributed by atoms with Crippen LogP contribution in [0.25, 0.3) is 0 Å². The molecule has 1 aliphatic rings. The molecule has 0 aliphatic carbocycles. The first kappa shape index (κ1) is 14.4. The van der Waals surface area contributed by atoms with Gasteiger partial charge in [0, 0.05) is 10.9 Å². The summed E-state index contributed by atoms with van der Waals surface area (Å²) in [7, 11) is -2.95. The number of hydrogen-bond acceptors (Lipinski definition) is 4. The lowest BCUT2D eigenvalue weighted by Gasteiger charge is -2.15. The molecule has 104 valence electrons. The minimum atomic E-state index is -2.95. The smallest absolute Gasteiger partial charge is 0.233 e. The summed E-state index contributed by atoms with van der Waals surface area (Å²) in [6.07, 6.45) is 0.525. The molecule has 0 unspecified atom stereocenters. The molecule has 1 fully saturated rings. The molecule has 1 aromatic rings. The van der Waals surface area contributed by atoms with Crippen LogP contribution < -0.4 is 5.32 Å². The number of sulfone groups is 1.